The topological polar surface area (TPSA) is 84.5 Å². The third kappa shape index (κ3) is 5.17. The summed E-state index contributed by atoms with van der Waals surface area (Å²) in [6.07, 6.45) is 0.172. The lowest BCUT2D eigenvalue weighted by atomic mass is 10.1. The third-order valence-corrected chi connectivity index (χ3v) is 6.38. The van der Waals surface area contributed by atoms with E-state index < -0.39 is 24.0 Å². The molecule has 1 heterocycles. The molecule has 24 heavy (non-hydrogen) atoms. The number of thioether (sulfide) groups is 2. The first-order chi connectivity index (χ1) is 11.5. The molecule has 6 nitrogen and oxygen atoms in total. The standard InChI is InChI=1S/C16H20N2O4S2/c1-10(13(19)18-16(21)17-2)22-14(20)11-4-6-12(7-5-11)15-23-8-3-9-24-15/h4-7,10,15H,3,8-9H2,1-2H3,(H2,17,18,19,21)/t10-/m1/s1. The average Bonchev–Trinajstić information content (AvgIpc) is 2.62. The van der Waals surface area contributed by atoms with Crippen LogP contribution in [-0.4, -0.2) is 42.6 Å². The molecule has 1 fully saturated rings. The molecule has 1 saturated heterocycles. The van der Waals surface area contributed by atoms with Gasteiger partial charge in [-0.1, -0.05) is 12.1 Å². The number of imide groups is 1. The summed E-state index contributed by atoms with van der Waals surface area (Å²) in [6.45, 7) is 1.42. The van der Waals surface area contributed by atoms with Gasteiger partial charge in [0.25, 0.3) is 5.91 Å². The van der Waals surface area contributed by atoms with Crippen molar-refractivity contribution in [2.45, 2.75) is 24.0 Å². The van der Waals surface area contributed by atoms with E-state index in [1.165, 1.54) is 26.0 Å². The largest absolute Gasteiger partial charge is 0.449 e. The van der Waals surface area contributed by atoms with Crippen LogP contribution in [-0.2, 0) is 9.53 Å². The summed E-state index contributed by atoms with van der Waals surface area (Å²) in [5, 5.41) is 4.32. The molecule has 0 aliphatic carbocycles. The van der Waals surface area contributed by atoms with Gasteiger partial charge in [0.1, 0.15) is 0 Å². The van der Waals surface area contributed by atoms with E-state index in [9.17, 15) is 14.4 Å². The SMILES string of the molecule is CNC(=O)NC(=O)[C@@H](C)OC(=O)c1ccc(C2SCCCS2)cc1. The summed E-state index contributed by atoms with van der Waals surface area (Å²) < 4.78 is 5.49. The van der Waals surface area contributed by atoms with E-state index in [-0.39, 0.29) is 0 Å². The molecule has 1 aliphatic heterocycles. The van der Waals surface area contributed by atoms with Crippen LogP contribution in [0, 0.1) is 0 Å². The van der Waals surface area contributed by atoms with Crippen molar-refractivity contribution in [2.24, 2.45) is 0 Å². The Kier molecular flexibility index (Phi) is 6.99. The molecule has 3 amide bonds. The summed E-state index contributed by atoms with van der Waals surface area (Å²) in [7, 11) is 1.39. The van der Waals surface area contributed by atoms with Crippen molar-refractivity contribution in [1.29, 1.82) is 0 Å². The predicted molar refractivity (Wildman–Crippen MR) is 96.2 cm³/mol. The first-order valence-electron chi connectivity index (χ1n) is 7.58. The Hall–Kier alpha value is -1.67. The van der Waals surface area contributed by atoms with E-state index in [0.717, 1.165) is 11.5 Å². The first-order valence-corrected chi connectivity index (χ1v) is 9.67. The van der Waals surface area contributed by atoms with E-state index in [0.29, 0.717) is 10.1 Å². The zero-order valence-electron chi connectivity index (χ0n) is 13.5. The van der Waals surface area contributed by atoms with Gasteiger partial charge in [0.2, 0.25) is 0 Å². The van der Waals surface area contributed by atoms with E-state index in [2.05, 4.69) is 10.6 Å². The van der Waals surface area contributed by atoms with Gasteiger partial charge in [0.05, 0.1) is 10.1 Å². The maximum atomic E-state index is 12.1. The molecule has 1 aromatic carbocycles. The lowest BCUT2D eigenvalue weighted by Gasteiger charge is -2.21. The number of carbonyl (C=O) groups excluding carboxylic acids is 3. The molecule has 1 aliphatic rings. The molecule has 0 spiro atoms. The zero-order chi connectivity index (χ0) is 17.5. The zero-order valence-corrected chi connectivity index (χ0v) is 15.2. The smallest absolute Gasteiger partial charge is 0.338 e. The number of amides is 3. The highest BCUT2D eigenvalue weighted by Crippen LogP contribution is 2.43. The van der Waals surface area contributed by atoms with Crippen molar-refractivity contribution in [2.75, 3.05) is 18.6 Å². The molecular weight excluding hydrogens is 348 g/mol. The average molecular weight is 368 g/mol. The van der Waals surface area contributed by atoms with Crippen LogP contribution < -0.4 is 10.6 Å². The Morgan fingerprint density at radius 2 is 1.79 bits per heavy atom. The highest BCUT2D eigenvalue weighted by molar-refractivity contribution is 8.16. The molecule has 0 saturated carbocycles. The minimum atomic E-state index is -1.06. The third-order valence-electron chi connectivity index (χ3n) is 3.36. The fourth-order valence-corrected chi connectivity index (χ4v) is 4.91. The van der Waals surface area contributed by atoms with Gasteiger partial charge < -0.3 is 10.1 Å². The van der Waals surface area contributed by atoms with Gasteiger partial charge in [-0.25, -0.2) is 9.59 Å². The Labute approximate surface area is 149 Å². The number of carbonyl (C=O) groups is 3. The summed E-state index contributed by atoms with van der Waals surface area (Å²) in [6, 6.07) is 6.60. The molecule has 1 aromatic rings. The quantitative estimate of drug-likeness (QED) is 0.795. The van der Waals surface area contributed by atoms with Gasteiger partial charge in [-0.3, -0.25) is 10.1 Å². The van der Waals surface area contributed by atoms with Crippen LogP contribution in [0.25, 0.3) is 0 Å². The van der Waals surface area contributed by atoms with Gasteiger partial charge in [0, 0.05) is 7.05 Å². The van der Waals surface area contributed by atoms with E-state index >= 15 is 0 Å². The Morgan fingerprint density at radius 3 is 2.38 bits per heavy atom. The highest BCUT2D eigenvalue weighted by atomic mass is 32.2. The molecular formula is C16H20N2O4S2. The number of hydrogen-bond donors (Lipinski definition) is 2. The summed E-state index contributed by atoms with van der Waals surface area (Å²) in [5.41, 5.74) is 1.55. The van der Waals surface area contributed by atoms with Gasteiger partial charge in [-0.15, -0.1) is 23.5 Å². The van der Waals surface area contributed by atoms with Crippen LogP contribution in [0.2, 0.25) is 0 Å². The Morgan fingerprint density at radius 1 is 1.17 bits per heavy atom. The second-order valence-corrected chi connectivity index (χ2v) is 7.89. The number of benzene rings is 1. The number of rotatable bonds is 4. The molecule has 130 valence electrons. The monoisotopic (exact) mass is 368 g/mol. The highest BCUT2D eigenvalue weighted by Gasteiger charge is 2.21. The Balaban J connectivity index is 1.92. The number of nitrogens with one attached hydrogen (secondary N) is 2. The van der Waals surface area contributed by atoms with Crippen molar-refractivity contribution >= 4 is 41.4 Å². The maximum Gasteiger partial charge on any atom is 0.338 e. The van der Waals surface area contributed by atoms with Crippen molar-refractivity contribution < 1.29 is 19.1 Å². The summed E-state index contributed by atoms with van der Waals surface area (Å²) in [5.74, 6) is 1.04. The maximum absolute atomic E-state index is 12.1. The second kappa shape index (κ2) is 8.98. The van der Waals surface area contributed by atoms with Crippen LogP contribution in [0.3, 0.4) is 0 Å². The van der Waals surface area contributed by atoms with Crippen LogP contribution in [0.4, 0.5) is 4.79 Å². The predicted octanol–water partition coefficient (Wildman–Crippen LogP) is 2.56. The summed E-state index contributed by atoms with van der Waals surface area (Å²) >= 11 is 3.82. The second-order valence-electron chi connectivity index (χ2n) is 5.16. The van der Waals surface area contributed by atoms with Crippen LogP contribution in [0.15, 0.2) is 24.3 Å². The lowest BCUT2D eigenvalue weighted by molar-refractivity contribution is -0.127. The molecule has 0 bridgehead atoms. The molecule has 2 rings (SSSR count). The van der Waals surface area contributed by atoms with Crippen molar-refractivity contribution in [3.63, 3.8) is 0 Å². The molecule has 1 atom stereocenters. The van der Waals surface area contributed by atoms with Gasteiger partial charge in [-0.05, 0) is 42.5 Å². The minimum Gasteiger partial charge on any atom is -0.449 e. The normalized spacial score (nSPS) is 16.1. The molecule has 2 N–H and O–H groups in total. The molecule has 0 aromatic heterocycles. The number of urea groups is 1. The molecule has 0 unspecified atom stereocenters. The number of esters is 1. The van der Waals surface area contributed by atoms with Crippen molar-refractivity contribution in [1.82, 2.24) is 10.6 Å². The van der Waals surface area contributed by atoms with Crippen molar-refractivity contribution in [3.8, 4) is 0 Å². The van der Waals surface area contributed by atoms with E-state index in [1.54, 1.807) is 12.1 Å². The Bertz CT molecular complexity index is 601. The van der Waals surface area contributed by atoms with Gasteiger partial charge in [0.15, 0.2) is 6.10 Å². The van der Waals surface area contributed by atoms with E-state index in [1.807, 2.05) is 35.7 Å². The number of hydrogen-bond acceptors (Lipinski definition) is 6. The van der Waals surface area contributed by atoms with Gasteiger partial charge >= 0.3 is 12.0 Å². The molecule has 0 radical (unpaired) electrons. The molecule has 8 heteroatoms. The minimum absolute atomic E-state index is 0.379. The fourth-order valence-electron chi connectivity index (χ4n) is 2.01. The van der Waals surface area contributed by atoms with Crippen LogP contribution >= 0.6 is 23.5 Å². The van der Waals surface area contributed by atoms with Crippen molar-refractivity contribution in [3.05, 3.63) is 35.4 Å². The lowest BCUT2D eigenvalue weighted by Crippen LogP contribution is -2.43. The van der Waals surface area contributed by atoms with Gasteiger partial charge in [-0.2, -0.15) is 0 Å². The van der Waals surface area contributed by atoms with E-state index in [4.69, 9.17) is 4.74 Å². The van der Waals surface area contributed by atoms with Crippen LogP contribution in [0.5, 0.6) is 0 Å². The fraction of sp³-hybridized carbons (Fsp3) is 0.438. The summed E-state index contributed by atoms with van der Waals surface area (Å²) in [4.78, 5) is 34.9. The van der Waals surface area contributed by atoms with Crippen LogP contribution in [0.1, 0.15) is 33.8 Å². The first kappa shape index (κ1) is 18.7. The number of ether oxygens (including phenoxy) is 1.